The average Bonchev–Trinajstić information content (AvgIpc) is 2.69. The van der Waals surface area contributed by atoms with E-state index in [1.165, 1.54) is 141 Å². The van der Waals surface area contributed by atoms with Crippen LogP contribution in [0.3, 0.4) is 0 Å². The van der Waals surface area contributed by atoms with Gasteiger partial charge in [-0.3, -0.25) is 0 Å². The summed E-state index contributed by atoms with van der Waals surface area (Å²) in [6.45, 7) is 5.50. The largest absolute Gasteiger partial charge is 0.330 e. The highest BCUT2D eigenvalue weighted by atomic mass is 14.5. The van der Waals surface area contributed by atoms with Crippen molar-refractivity contribution in [1.29, 1.82) is 0 Å². The van der Waals surface area contributed by atoms with Gasteiger partial charge in [-0.05, 0) is 25.3 Å². The van der Waals surface area contributed by atoms with E-state index in [1.54, 1.807) is 0 Å². The minimum atomic E-state index is 0.799. The van der Waals surface area contributed by atoms with Crippen LogP contribution in [-0.4, -0.2) is 6.54 Å². The smallest absolute Gasteiger partial charge is 0.00489 e. The number of unbranched alkanes of at least 4 members (excludes halogenated alkanes) is 18. The molecule has 0 spiro atoms. The summed E-state index contributed by atoms with van der Waals surface area (Å²) in [5.74, 6) is 0.799. The lowest BCUT2D eigenvalue weighted by Gasteiger charge is -2.14. The topological polar surface area (TPSA) is 26.0 Å². The van der Waals surface area contributed by atoms with Crippen molar-refractivity contribution in [3.8, 4) is 0 Å². The summed E-state index contributed by atoms with van der Waals surface area (Å²) < 4.78 is 0. The molecule has 0 aromatic heterocycles. The van der Waals surface area contributed by atoms with Crippen molar-refractivity contribution in [3.05, 3.63) is 0 Å². The SMILES string of the molecule is CCCCCCCCCCCCC(CN)CCCCCCCCCCCC. The summed E-state index contributed by atoms with van der Waals surface area (Å²) in [4.78, 5) is 0. The molecule has 0 aliphatic rings. The normalized spacial score (nSPS) is 11.6. The van der Waals surface area contributed by atoms with Crippen molar-refractivity contribution in [2.24, 2.45) is 11.7 Å². The van der Waals surface area contributed by atoms with E-state index in [0.717, 1.165) is 12.5 Å². The van der Waals surface area contributed by atoms with Crippen molar-refractivity contribution >= 4 is 0 Å². The lowest BCUT2D eigenvalue weighted by atomic mass is 9.94. The average molecular weight is 382 g/mol. The summed E-state index contributed by atoms with van der Waals surface area (Å²) >= 11 is 0. The van der Waals surface area contributed by atoms with Gasteiger partial charge in [-0.1, -0.05) is 142 Å². The first kappa shape index (κ1) is 27.0. The first-order valence-electron chi connectivity index (χ1n) is 13.0. The second-order valence-corrected chi connectivity index (χ2v) is 9.04. The van der Waals surface area contributed by atoms with Gasteiger partial charge in [-0.2, -0.15) is 0 Å². The third kappa shape index (κ3) is 22.1. The van der Waals surface area contributed by atoms with Crippen LogP contribution in [0, 0.1) is 5.92 Å². The monoisotopic (exact) mass is 381 g/mol. The predicted molar refractivity (Wildman–Crippen MR) is 125 cm³/mol. The van der Waals surface area contributed by atoms with Gasteiger partial charge in [0.15, 0.2) is 0 Å². The highest BCUT2D eigenvalue weighted by Crippen LogP contribution is 2.19. The molecule has 0 aliphatic heterocycles. The van der Waals surface area contributed by atoms with Gasteiger partial charge in [0.25, 0.3) is 0 Å². The van der Waals surface area contributed by atoms with Crippen molar-refractivity contribution in [3.63, 3.8) is 0 Å². The molecule has 0 unspecified atom stereocenters. The highest BCUT2D eigenvalue weighted by molar-refractivity contribution is 4.61. The van der Waals surface area contributed by atoms with Crippen LogP contribution < -0.4 is 5.73 Å². The van der Waals surface area contributed by atoms with Gasteiger partial charge in [0.05, 0.1) is 0 Å². The molecule has 27 heavy (non-hydrogen) atoms. The molecular weight excluding hydrogens is 326 g/mol. The molecule has 0 radical (unpaired) electrons. The van der Waals surface area contributed by atoms with Gasteiger partial charge in [0, 0.05) is 0 Å². The Bertz CT molecular complexity index is 227. The summed E-state index contributed by atoms with van der Waals surface area (Å²) in [7, 11) is 0. The van der Waals surface area contributed by atoms with E-state index >= 15 is 0 Å². The molecule has 0 aliphatic carbocycles. The highest BCUT2D eigenvalue weighted by Gasteiger charge is 2.06. The van der Waals surface area contributed by atoms with Crippen molar-refractivity contribution in [1.82, 2.24) is 0 Å². The second-order valence-electron chi connectivity index (χ2n) is 9.04. The third-order valence-corrected chi connectivity index (χ3v) is 6.27. The van der Waals surface area contributed by atoms with Gasteiger partial charge in [-0.15, -0.1) is 0 Å². The number of nitrogens with two attached hydrogens (primary N) is 1. The van der Waals surface area contributed by atoms with E-state index in [9.17, 15) is 0 Å². The van der Waals surface area contributed by atoms with Crippen LogP contribution in [0.4, 0.5) is 0 Å². The van der Waals surface area contributed by atoms with Crippen LogP contribution in [0.15, 0.2) is 0 Å². The van der Waals surface area contributed by atoms with E-state index in [4.69, 9.17) is 5.73 Å². The molecule has 0 aromatic carbocycles. The fraction of sp³-hybridized carbons (Fsp3) is 1.00. The first-order valence-corrected chi connectivity index (χ1v) is 13.0. The molecule has 0 rings (SSSR count). The molecule has 0 amide bonds. The van der Waals surface area contributed by atoms with Crippen molar-refractivity contribution in [2.45, 2.75) is 155 Å². The van der Waals surface area contributed by atoms with Gasteiger partial charge < -0.3 is 5.73 Å². The van der Waals surface area contributed by atoms with Crippen LogP contribution in [0.1, 0.15) is 155 Å². The summed E-state index contributed by atoms with van der Waals surface area (Å²) in [6.07, 6.45) is 31.5. The zero-order valence-electron chi connectivity index (χ0n) is 19.4. The lowest BCUT2D eigenvalue weighted by Crippen LogP contribution is -2.14. The molecule has 1 nitrogen and oxygen atoms in total. The maximum Gasteiger partial charge on any atom is -0.00489 e. The molecule has 0 heterocycles. The van der Waals surface area contributed by atoms with Crippen molar-refractivity contribution in [2.75, 3.05) is 6.54 Å². The van der Waals surface area contributed by atoms with Crippen LogP contribution in [0.2, 0.25) is 0 Å². The third-order valence-electron chi connectivity index (χ3n) is 6.27. The summed E-state index contributed by atoms with van der Waals surface area (Å²) in [5.41, 5.74) is 6.01. The molecule has 0 aromatic rings. The minimum absolute atomic E-state index is 0.799. The molecule has 0 atom stereocenters. The maximum absolute atomic E-state index is 6.01. The molecule has 0 saturated carbocycles. The zero-order chi connectivity index (χ0) is 19.8. The number of rotatable bonds is 23. The summed E-state index contributed by atoms with van der Waals surface area (Å²) in [6, 6.07) is 0. The molecule has 164 valence electrons. The Balaban J connectivity index is 3.28. The summed E-state index contributed by atoms with van der Waals surface area (Å²) in [5, 5.41) is 0. The van der Waals surface area contributed by atoms with E-state index in [2.05, 4.69) is 13.8 Å². The Hall–Kier alpha value is -0.0400. The van der Waals surface area contributed by atoms with Gasteiger partial charge in [-0.25, -0.2) is 0 Å². The molecule has 0 fully saturated rings. The Morgan fingerprint density at radius 3 is 0.926 bits per heavy atom. The van der Waals surface area contributed by atoms with E-state index in [0.29, 0.717) is 0 Å². The lowest BCUT2D eigenvalue weighted by molar-refractivity contribution is 0.409. The van der Waals surface area contributed by atoms with Crippen LogP contribution in [0.25, 0.3) is 0 Å². The van der Waals surface area contributed by atoms with Crippen molar-refractivity contribution < 1.29 is 0 Å². The van der Waals surface area contributed by atoms with Crippen LogP contribution >= 0.6 is 0 Å². The first-order chi connectivity index (χ1) is 13.3. The number of hydrogen-bond acceptors (Lipinski definition) is 1. The van der Waals surface area contributed by atoms with Crippen LogP contribution in [-0.2, 0) is 0 Å². The predicted octanol–water partition coefficient (Wildman–Crippen LogP) is 9.18. The van der Waals surface area contributed by atoms with Gasteiger partial charge in [0.1, 0.15) is 0 Å². The Labute approximate surface area is 173 Å². The van der Waals surface area contributed by atoms with E-state index < -0.39 is 0 Å². The Morgan fingerprint density at radius 1 is 0.407 bits per heavy atom. The number of hydrogen-bond donors (Lipinski definition) is 1. The fourth-order valence-electron chi connectivity index (χ4n) is 4.22. The molecule has 1 heteroatoms. The Morgan fingerprint density at radius 2 is 0.667 bits per heavy atom. The quantitative estimate of drug-likeness (QED) is 0.175. The fourth-order valence-corrected chi connectivity index (χ4v) is 4.22. The molecule has 2 N–H and O–H groups in total. The molecule has 0 saturated heterocycles. The molecular formula is C26H55N. The van der Waals surface area contributed by atoms with Crippen LogP contribution in [0.5, 0.6) is 0 Å². The minimum Gasteiger partial charge on any atom is -0.330 e. The molecule has 0 bridgehead atoms. The van der Waals surface area contributed by atoms with E-state index in [-0.39, 0.29) is 0 Å². The van der Waals surface area contributed by atoms with Gasteiger partial charge >= 0.3 is 0 Å². The zero-order valence-corrected chi connectivity index (χ0v) is 19.4. The maximum atomic E-state index is 6.01. The van der Waals surface area contributed by atoms with E-state index in [1.807, 2.05) is 0 Å². The standard InChI is InChI=1S/C26H55N/c1-3-5-7-9-11-13-15-17-19-21-23-26(25-27)24-22-20-18-16-14-12-10-8-6-4-2/h26H,3-25,27H2,1-2H3. The second kappa shape index (κ2) is 24.0. The van der Waals surface area contributed by atoms with Gasteiger partial charge in [0.2, 0.25) is 0 Å². The Kier molecular flexibility index (Phi) is 24.0.